The van der Waals surface area contributed by atoms with Crippen LogP contribution >= 0.6 is 0 Å². The van der Waals surface area contributed by atoms with Crippen molar-refractivity contribution < 1.29 is 15.0 Å². The average Bonchev–Trinajstić information content (AvgIpc) is 3.23. The highest BCUT2D eigenvalue weighted by Gasteiger charge is 2.20. The van der Waals surface area contributed by atoms with Gasteiger partial charge in [-0.1, -0.05) is 247 Å². The van der Waals surface area contributed by atoms with Crippen molar-refractivity contribution in [2.45, 2.75) is 257 Å². The smallest absolute Gasteiger partial charge is 0.220 e. The first kappa shape index (κ1) is 55.8. The minimum atomic E-state index is -0.656. The van der Waals surface area contributed by atoms with Crippen LogP contribution < -0.4 is 5.32 Å². The molecule has 0 aromatic heterocycles. The maximum absolute atomic E-state index is 12.3. The van der Waals surface area contributed by atoms with Crippen molar-refractivity contribution in [2.75, 3.05) is 6.61 Å². The molecule has 0 radical (unpaired) electrons. The summed E-state index contributed by atoms with van der Waals surface area (Å²) in [5, 5.41) is 23.0. The van der Waals surface area contributed by atoms with Gasteiger partial charge in [0.1, 0.15) is 0 Å². The summed E-state index contributed by atoms with van der Waals surface area (Å²) in [6, 6.07) is -0.533. The SMILES string of the molecule is CC/C=C\C/C=C\C/C=C\C/C=C\C/C=C\C/C=C\CCCCCCCCCCCCCCCCCCCCCCC(=O)NC(CO)C(O)CCCCCCCCC. The van der Waals surface area contributed by atoms with Crippen LogP contribution in [0.15, 0.2) is 72.9 Å². The minimum absolute atomic E-state index is 0.0349. The number of allylic oxidation sites excluding steroid dienone is 12. The molecule has 2 atom stereocenters. The number of carbonyl (C=O) groups excluding carboxylic acids is 1. The number of carbonyl (C=O) groups is 1. The molecule has 0 aromatic carbocycles. The van der Waals surface area contributed by atoms with Crippen LogP contribution in [0.3, 0.4) is 0 Å². The fraction of sp³-hybridized carbons (Fsp3) is 0.759. The third-order valence-electron chi connectivity index (χ3n) is 11.2. The number of aliphatic hydroxyl groups excluding tert-OH is 2. The highest BCUT2D eigenvalue weighted by atomic mass is 16.3. The van der Waals surface area contributed by atoms with E-state index >= 15 is 0 Å². The first-order valence-electron chi connectivity index (χ1n) is 25.1. The van der Waals surface area contributed by atoms with E-state index in [0.717, 1.165) is 64.2 Å². The maximum atomic E-state index is 12.3. The van der Waals surface area contributed by atoms with Gasteiger partial charge in [0.05, 0.1) is 18.8 Å². The van der Waals surface area contributed by atoms with Crippen molar-refractivity contribution in [3.8, 4) is 0 Å². The largest absolute Gasteiger partial charge is 0.394 e. The Morgan fingerprint density at radius 1 is 0.431 bits per heavy atom. The Morgan fingerprint density at radius 3 is 1.14 bits per heavy atom. The predicted octanol–water partition coefficient (Wildman–Crippen LogP) is 16.2. The minimum Gasteiger partial charge on any atom is -0.394 e. The first-order chi connectivity index (χ1) is 28.7. The van der Waals surface area contributed by atoms with Gasteiger partial charge < -0.3 is 15.5 Å². The number of hydrogen-bond donors (Lipinski definition) is 3. The molecule has 3 N–H and O–H groups in total. The number of amides is 1. The summed E-state index contributed by atoms with van der Waals surface area (Å²) >= 11 is 0. The topological polar surface area (TPSA) is 69.6 Å². The Morgan fingerprint density at radius 2 is 0.759 bits per heavy atom. The lowest BCUT2D eigenvalue weighted by molar-refractivity contribution is -0.123. The maximum Gasteiger partial charge on any atom is 0.220 e. The number of unbranched alkanes of at least 4 members (excludes halogenated alkanes) is 26. The third kappa shape index (κ3) is 44.9. The molecule has 0 spiro atoms. The van der Waals surface area contributed by atoms with Crippen molar-refractivity contribution in [2.24, 2.45) is 0 Å². The lowest BCUT2D eigenvalue weighted by Crippen LogP contribution is -2.45. The summed E-state index contributed by atoms with van der Waals surface area (Å²) in [4.78, 5) is 12.3. The second kappa shape index (κ2) is 49.2. The van der Waals surface area contributed by atoms with E-state index in [4.69, 9.17) is 0 Å². The van der Waals surface area contributed by atoms with Crippen molar-refractivity contribution >= 4 is 5.91 Å². The van der Waals surface area contributed by atoms with Crippen LogP contribution in [0.4, 0.5) is 0 Å². The highest BCUT2D eigenvalue weighted by molar-refractivity contribution is 5.76. The Kier molecular flexibility index (Phi) is 47.4. The first-order valence-corrected chi connectivity index (χ1v) is 25.1. The van der Waals surface area contributed by atoms with E-state index in [1.165, 1.54) is 154 Å². The Hall–Kier alpha value is -2.17. The van der Waals surface area contributed by atoms with Gasteiger partial charge in [-0.3, -0.25) is 4.79 Å². The molecule has 0 aliphatic heterocycles. The van der Waals surface area contributed by atoms with E-state index in [-0.39, 0.29) is 12.5 Å². The molecule has 0 aliphatic rings. The molecule has 0 saturated carbocycles. The van der Waals surface area contributed by atoms with E-state index in [1.807, 2.05) is 0 Å². The monoisotopic (exact) mass is 808 g/mol. The molecule has 0 aliphatic carbocycles. The summed E-state index contributed by atoms with van der Waals surface area (Å²) < 4.78 is 0. The fourth-order valence-corrected chi connectivity index (χ4v) is 7.42. The van der Waals surface area contributed by atoms with Crippen molar-refractivity contribution in [3.05, 3.63) is 72.9 Å². The molecule has 2 unspecified atom stereocenters. The fourth-order valence-electron chi connectivity index (χ4n) is 7.42. The van der Waals surface area contributed by atoms with Crippen LogP contribution in [0.25, 0.3) is 0 Å². The molecule has 4 heteroatoms. The van der Waals surface area contributed by atoms with Crippen LogP contribution in [0.1, 0.15) is 245 Å². The van der Waals surface area contributed by atoms with Gasteiger partial charge in [-0.05, 0) is 64.2 Å². The second-order valence-electron chi connectivity index (χ2n) is 16.9. The van der Waals surface area contributed by atoms with E-state index < -0.39 is 12.1 Å². The Balaban J connectivity index is 3.40. The third-order valence-corrected chi connectivity index (χ3v) is 11.2. The van der Waals surface area contributed by atoms with Gasteiger partial charge in [-0.15, -0.1) is 0 Å². The quantitative estimate of drug-likeness (QED) is 0.0424. The van der Waals surface area contributed by atoms with Crippen LogP contribution in [-0.4, -0.2) is 34.9 Å². The summed E-state index contributed by atoms with van der Waals surface area (Å²) in [5.41, 5.74) is 0. The van der Waals surface area contributed by atoms with E-state index in [9.17, 15) is 15.0 Å². The zero-order chi connectivity index (χ0) is 42.1. The Labute approximate surface area is 361 Å². The molecule has 58 heavy (non-hydrogen) atoms. The molecule has 0 heterocycles. The van der Waals surface area contributed by atoms with Crippen LogP contribution in [-0.2, 0) is 4.79 Å². The number of nitrogens with one attached hydrogen (secondary N) is 1. The zero-order valence-corrected chi connectivity index (χ0v) is 38.5. The number of rotatable bonds is 45. The number of hydrogen-bond acceptors (Lipinski definition) is 3. The van der Waals surface area contributed by atoms with Gasteiger partial charge in [0.2, 0.25) is 5.91 Å². The normalized spacial score (nSPS) is 13.5. The van der Waals surface area contributed by atoms with Crippen LogP contribution in [0, 0.1) is 0 Å². The van der Waals surface area contributed by atoms with Gasteiger partial charge >= 0.3 is 0 Å². The molecular formula is C54H97NO3. The van der Waals surface area contributed by atoms with Gasteiger partial charge in [-0.25, -0.2) is 0 Å². The van der Waals surface area contributed by atoms with Gasteiger partial charge in [0.25, 0.3) is 0 Å². The molecule has 0 aromatic rings. The van der Waals surface area contributed by atoms with Gasteiger partial charge in [0, 0.05) is 6.42 Å². The Bertz CT molecular complexity index is 1010. The molecule has 336 valence electrons. The standard InChI is InChI=1S/C54H97NO3/c1-3-5-7-9-11-12-13-14-15-16-17-18-19-20-21-22-23-24-25-26-27-28-29-30-31-32-33-34-35-36-37-38-39-40-41-42-44-46-48-50-54(58)55-52(51-56)53(57)49-47-45-43-10-8-6-4-2/h5,7,11-12,14-15,17-18,20-21,23-24,52-53,56-57H,3-4,6,8-10,13,16,19,22,25-51H2,1-2H3,(H,55,58)/b7-5-,12-11-,15-14-,18-17-,21-20-,24-23-. The lowest BCUT2D eigenvalue weighted by atomic mass is 10.0. The molecular weight excluding hydrogens is 711 g/mol. The molecule has 0 rings (SSSR count). The van der Waals surface area contributed by atoms with Crippen LogP contribution in [0.5, 0.6) is 0 Å². The van der Waals surface area contributed by atoms with E-state index in [1.54, 1.807) is 0 Å². The van der Waals surface area contributed by atoms with Crippen LogP contribution in [0.2, 0.25) is 0 Å². The predicted molar refractivity (Wildman–Crippen MR) is 257 cm³/mol. The van der Waals surface area contributed by atoms with Crippen molar-refractivity contribution in [1.29, 1.82) is 0 Å². The van der Waals surface area contributed by atoms with E-state index in [0.29, 0.717) is 12.8 Å². The summed E-state index contributed by atoms with van der Waals surface area (Å²) in [6.45, 7) is 4.20. The summed E-state index contributed by atoms with van der Waals surface area (Å²) in [6.07, 6.45) is 70.4. The molecule has 0 bridgehead atoms. The van der Waals surface area contributed by atoms with Crippen molar-refractivity contribution in [3.63, 3.8) is 0 Å². The summed E-state index contributed by atoms with van der Waals surface area (Å²) in [7, 11) is 0. The van der Waals surface area contributed by atoms with Crippen molar-refractivity contribution in [1.82, 2.24) is 5.32 Å². The lowest BCUT2D eigenvalue weighted by Gasteiger charge is -2.22. The average molecular weight is 808 g/mol. The molecule has 1 amide bonds. The molecule has 4 nitrogen and oxygen atoms in total. The molecule has 0 saturated heterocycles. The summed E-state index contributed by atoms with van der Waals surface area (Å²) in [5.74, 6) is -0.0349. The highest BCUT2D eigenvalue weighted by Crippen LogP contribution is 2.16. The van der Waals surface area contributed by atoms with E-state index in [2.05, 4.69) is 92.1 Å². The van der Waals surface area contributed by atoms with Gasteiger partial charge in [0.15, 0.2) is 0 Å². The number of aliphatic hydroxyl groups is 2. The molecule has 0 fully saturated rings. The van der Waals surface area contributed by atoms with Gasteiger partial charge in [-0.2, -0.15) is 0 Å². The second-order valence-corrected chi connectivity index (χ2v) is 16.9. The zero-order valence-electron chi connectivity index (χ0n) is 38.5.